The number of hydrogen-bond donors (Lipinski definition) is 2. The normalized spacial score (nSPS) is 10.8. The second-order valence-electron chi connectivity index (χ2n) is 5.78. The summed E-state index contributed by atoms with van der Waals surface area (Å²) < 4.78 is 5.55. The Hall–Kier alpha value is -3.08. The summed E-state index contributed by atoms with van der Waals surface area (Å²) in [6.45, 7) is 3.76. The first-order valence-electron chi connectivity index (χ1n) is 7.74. The Balaban J connectivity index is 1.85. The molecular weight excluding hydrogens is 304 g/mol. The topological polar surface area (TPSA) is 71.3 Å². The molecule has 0 aliphatic heterocycles. The molecule has 0 fully saturated rings. The molecule has 0 radical (unpaired) electrons. The number of hydrogen-bond acceptors (Lipinski definition) is 3. The highest BCUT2D eigenvalue weighted by atomic mass is 16.3. The first kappa shape index (κ1) is 15.8. The van der Waals surface area contributed by atoms with Gasteiger partial charge >= 0.3 is 0 Å². The van der Waals surface area contributed by atoms with Gasteiger partial charge in [0.15, 0.2) is 5.76 Å². The molecule has 2 N–H and O–H groups in total. The van der Waals surface area contributed by atoms with Gasteiger partial charge in [0.1, 0.15) is 5.58 Å². The lowest BCUT2D eigenvalue weighted by atomic mass is 10.1. The van der Waals surface area contributed by atoms with E-state index in [1.807, 2.05) is 32.0 Å². The van der Waals surface area contributed by atoms with Crippen LogP contribution in [0.15, 0.2) is 59.0 Å². The van der Waals surface area contributed by atoms with Crippen LogP contribution < -0.4 is 10.6 Å². The van der Waals surface area contributed by atoms with Crippen LogP contribution in [0.1, 0.15) is 34.8 Å². The number of rotatable bonds is 4. The van der Waals surface area contributed by atoms with Crippen molar-refractivity contribution < 1.29 is 14.0 Å². The fraction of sp³-hybridized carbons (Fsp3) is 0.158. The molecule has 24 heavy (non-hydrogen) atoms. The van der Waals surface area contributed by atoms with E-state index in [1.165, 1.54) is 0 Å². The monoisotopic (exact) mass is 322 g/mol. The fourth-order valence-electron chi connectivity index (χ4n) is 2.41. The molecule has 122 valence electrons. The maximum absolute atomic E-state index is 12.4. The molecule has 2 aromatic carbocycles. The van der Waals surface area contributed by atoms with Gasteiger partial charge in [0, 0.05) is 11.4 Å². The highest BCUT2D eigenvalue weighted by Crippen LogP contribution is 2.21. The van der Waals surface area contributed by atoms with Gasteiger partial charge in [-0.15, -0.1) is 0 Å². The molecule has 0 unspecified atom stereocenters. The van der Waals surface area contributed by atoms with Crippen LogP contribution in [-0.2, 0) is 0 Å². The van der Waals surface area contributed by atoms with Gasteiger partial charge in [-0.1, -0.05) is 30.3 Å². The number of carbonyl (C=O) groups excluding carboxylic acids is 2. The Kier molecular flexibility index (Phi) is 4.33. The van der Waals surface area contributed by atoms with E-state index in [2.05, 4.69) is 10.6 Å². The van der Waals surface area contributed by atoms with E-state index < -0.39 is 5.91 Å². The molecule has 0 spiro atoms. The standard InChI is InChI=1S/C19H18N2O3/c1-12(2)20-18(22)14-8-4-5-9-15(14)21-19(23)17-11-13-7-3-6-10-16(13)24-17/h3-12H,1-2H3,(H,20,22)(H,21,23). The van der Waals surface area contributed by atoms with E-state index in [1.54, 1.807) is 36.4 Å². The molecule has 0 aliphatic carbocycles. The second kappa shape index (κ2) is 6.58. The first-order chi connectivity index (χ1) is 11.5. The molecule has 0 saturated heterocycles. The maximum Gasteiger partial charge on any atom is 0.291 e. The van der Waals surface area contributed by atoms with Gasteiger partial charge in [-0.2, -0.15) is 0 Å². The van der Waals surface area contributed by atoms with Crippen LogP contribution in [0.5, 0.6) is 0 Å². The maximum atomic E-state index is 12.4. The van der Waals surface area contributed by atoms with Crippen LogP contribution in [0, 0.1) is 0 Å². The van der Waals surface area contributed by atoms with Gasteiger partial charge in [-0.3, -0.25) is 9.59 Å². The third-order valence-corrected chi connectivity index (χ3v) is 3.49. The molecule has 2 amide bonds. The Morgan fingerprint density at radius 3 is 2.42 bits per heavy atom. The minimum absolute atomic E-state index is 0.0108. The summed E-state index contributed by atoms with van der Waals surface area (Å²) in [6.07, 6.45) is 0. The molecule has 3 aromatic rings. The summed E-state index contributed by atoms with van der Waals surface area (Å²) in [6, 6.07) is 16.0. The quantitative estimate of drug-likeness (QED) is 0.767. The van der Waals surface area contributed by atoms with Crippen molar-refractivity contribution in [2.75, 3.05) is 5.32 Å². The minimum atomic E-state index is -0.393. The van der Waals surface area contributed by atoms with Gasteiger partial charge < -0.3 is 15.1 Å². The predicted octanol–water partition coefficient (Wildman–Crippen LogP) is 3.82. The Bertz CT molecular complexity index is 863. The van der Waals surface area contributed by atoms with Crippen molar-refractivity contribution in [2.45, 2.75) is 19.9 Å². The molecule has 1 heterocycles. The molecule has 5 heteroatoms. The van der Waals surface area contributed by atoms with E-state index in [0.29, 0.717) is 16.8 Å². The molecule has 0 aliphatic rings. The third-order valence-electron chi connectivity index (χ3n) is 3.49. The van der Waals surface area contributed by atoms with Crippen LogP contribution in [0.3, 0.4) is 0 Å². The van der Waals surface area contributed by atoms with Crippen molar-refractivity contribution in [3.05, 3.63) is 65.9 Å². The zero-order valence-electron chi connectivity index (χ0n) is 13.5. The Morgan fingerprint density at radius 1 is 0.958 bits per heavy atom. The van der Waals surface area contributed by atoms with Crippen molar-refractivity contribution in [3.63, 3.8) is 0 Å². The van der Waals surface area contributed by atoms with Gasteiger partial charge in [0.2, 0.25) is 0 Å². The zero-order valence-corrected chi connectivity index (χ0v) is 13.5. The largest absolute Gasteiger partial charge is 0.451 e. The number of amides is 2. The van der Waals surface area contributed by atoms with Gasteiger partial charge in [-0.05, 0) is 38.1 Å². The highest BCUT2D eigenvalue weighted by Gasteiger charge is 2.17. The smallest absolute Gasteiger partial charge is 0.291 e. The van der Waals surface area contributed by atoms with Crippen molar-refractivity contribution in [2.24, 2.45) is 0 Å². The van der Waals surface area contributed by atoms with Gasteiger partial charge in [-0.25, -0.2) is 0 Å². The lowest BCUT2D eigenvalue weighted by molar-refractivity contribution is 0.0944. The number of para-hydroxylation sites is 2. The van der Waals surface area contributed by atoms with Crippen molar-refractivity contribution in [1.82, 2.24) is 5.32 Å². The zero-order chi connectivity index (χ0) is 17.1. The van der Waals surface area contributed by atoms with E-state index in [9.17, 15) is 9.59 Å². The summed E-state index contributed by atoms with van der Waals surface area (Å²) in [4.78, 5) is 24.7. The molecular formula is C19H18N2O3. The minimum Gasteiger partial charge on any atom is -0.451 e. The number of carbonyl (C=O) groups is 2. The summed E-state index contributed by atoms with van der Waals surface area (Å²) in [5, 5.41) is 6.42. The molecule has 0 saturated carbocycles. The molecule has 0 bridgehead atoms. The summed E-state index contributed by atoms with van der Waals surface area (Å²) in [5.74, 6) is -0.420. The summed E-state index contributed by atoms with van der Waals surface area (Å²) >= 11 is 0. The number of benzene rings is 2. The van der Waals surface area contributed by atoms with Crippen LogP contribution in [0.2, 0.25) is 0 Å². The van der Waals surface area contributed by atoms with E-state index in [4.69, 9.17) is 4.42 Å². The van der Waals surface area contributed by atoms with Crippen LogP contribution in [0.4, 0.5) is 5.69 Å². The molecule has 5 nitrogen and oxygen atoms in total. The third kappa shape index (κ3) is 3.30. The van der Waals surface area contributed by atoms with Crippen molar-refractivity contribution in [3.8, 4) is 0 Å². The van der Waals surface area contributed by atoms with Crippen LogP contribution >= 0.6 is 0 Å². The number of fused-ring (bicyclic) bond motifs is 1. The van der Waals surface area contributed by atoms with Crippen molar-refractivity contribution >= 4 is 28.5 Å². The Morgan fingerprint density at radius 2 is 1.67 bits per heavy atom. The van der Waals surface area contributed by atoms with E-state index >= 15 is 0 Å². The Labute approximate surface area is 139 Å². The summed E-state index contributed by atoms with van der Waals surface area (Å²) in [5.41, 5.74) is 1.50. The highest BCUT2D eigenvalue weighted by molar-refractivity contribution is 6.09. The lowest BCUT2D eigenvalue weighted by Gasteiger charge is -2.12. The molecule has 1 aromatic heterocycles. The lowest BCUT2D eigenvalue weighted by Crippen LogP contribution is -2.31. The molecule has 3 rings (SSSR count). The van der Waals surface area contributed by atoms with E-state index in [-0.39, 0.29) is 17.7 Å². The first-order valence-corrected chi connectivity index (χ1v) is 7.74. The predicted molar refractivity (Wildman–Crippen MR) is 93.2 cm³/mol. The van der Waals surface area contributed by atoms with Gasteiger partial charge in [0.05, 0.1) is 11.3 Å². The number of nitrogens with one attached hydrogen (secondary N) is 2. The number of anilines is 1. The average molecular weight is 322 g/mol. The van der Waals surface area contributed by atoms with Crippen LogP contribution in [-0.4, -0.2) is 17.9 Å². The number of furan rings is 1. The van der Waals surface area contributed by atoms with Gasteiger partial charge in [0.25, 0.3) is 11.8 Å². The summed E-state index contributed by atoms with van der Waals surface area (Å²) in [7, 11) is 0. The fourth-order valence-corrected chi connectivity index (χ4v) is 2.41. The SMILES string of the molecule is CC(C)NC(=O)c1ccccc1NC(=O)c1cc2ccccc2o1. The van der Waals surface area contributed by atoms with Crippen molar-refractivity contribution in [1.29, 1.82) is 0 Å². The van der Waals surface area contributed by atoms with Crippen LogP contribution in [0.25, 0.3) is 11.0 Å². The average Bonchev–Trinajstić information content (AvgIpc) is 2.99. The van der Waals surface area contributed by atoms with E-state index in [0.717, 1.165) is 5.39 Å². The molecule has 0 atom stereocenters. The second-order valence-corrected chi connectivity index (χ2v) is 5.78.